The van der Waals surface area contributed by atoms with E-state index in [9.17, 15) is 29.4 Å². The molecule has 0 aromatic carbocycles. The predicted octanol–water partition coefficient (Wildman–Crippen LogP) is -2.50. The van der Waals surface area contributed by atoms with Gasteiger partial charge in [-0.1, -0.05) is 27.7 Å². The molecule has 0 aliphatic heterocycles. The molecular formula is C12H20CaO7. The van der Waals surface area contributed by atoms with Gasteiger partial charge in [-0.15, -0.1) is 0 Å². The van der Waals surface area contributed by atoms with Gasteiger partial charge in [-0.05, 0) is 12.8 Å². The predicted molar refractivity (Wildman–Crippen MR) is 68.3 cm³/mol. The van der Waals surface area contributed by atoms with Crippen LogP contribution in [-0.4, -0.2) is 66.7 Å². The molecule has 0 bridgehead atoms. The molecule has 0 spiro atoms. The number of Topliss-reactive ketones (excluding diaryl/α,β-unsaturated/α-hetero) is 2. The topological polar surface area (TPSA) is 146 Å². The fourth-order valence-electron chi connectivity index (χ4n) is 0.773. The van der Waals surface area contributed by atoms with Gasteiger partial charge in [0.1, 0.15) is 11.9 Å². The maximum absolute atomic E-state index is 10.4. The van der Waals surface area contributed by atoms with Crippen molar-refractivity contribution in [2.75, 3.05) is 0 Å². The minimum absolute atomic E-state index is 0. The third-order valence-electron chi connectivity index (χ3n) is 2.52. The van der Waals surface area contributed by atoms with Gasteiger partial charge >= 0.3 is 37.7 Å². The normalized spacial score (nSPS) is 11.4. The van der Waals surface area contributed by atoms with E-state index >= 15 is 0 Å². The second-order valence-corrected chi connectivity index (χ2v) is 3.92. The van der Waals surface area contributed by atoms with Gasteiger partial charge in [-0.25, -0.2) is 0 Å². The van der Waals surface area contributed by atoms with Crippen molar-refractivity contribution in [3.8, 4) is 0 Å². The van der Waals surface area contributed by atoms with E-state index in [4.69, 9.17) is 0 Å². The van der Waals surface area contributed by atoms with Crippen molar-refractivity contribution in [1.29, 1.82) is 0 Å². The molecule has 112 valence electrons. The first kappa shape index (κ1) is 27.8. The van der Waals surface area contributed by atoms with Crippen LogP contribution in [0.5, 0.6) is 0 Å². The number of carbonyl (C=O) groups excluding carboxylic acids is 4. The third kappa shape index (κ3) is 12.5. The Bertz CT molecular complexity index is 296. The van der Waals surface area contributed by atoms with E-state index in [0.29, 0.717) is 12.8 Å². The van der Waals surface area contributed by atoms with E-state index in [1.54, 1.807) is 27.7 Å². The fraction of sp³-hybridized carbons (Fsp3) is 0.667. The molecule has 7 nitrogen and oxygen atoms in total. The quantitative estimate of drug-likeness (QED) is 0.391. The summed E-state index contributed by atoms with van der Waals surface area (Å²) in [5, 5.41) is 19.7. The van der Waals surface area contributed by atoms with Crippen molar-refractivity contribution in [2.45, 2.75) is 40.5 Å². The standard InChI is InChI=1S/2C6H10O3.Ca.H2O/c2*1-3-4(2)5(7)6(8)9;;/h2*4H,3H2,1-2H3,(H,8,9);;1H2/q;;+2;/p-2. The summed E-state index contributed by atoms with van der Waals surface area (Å²) in [7, 11) is 0. The summed E-state index contributed by atoms with van der Waals surface area (Å²) in [4.78, 5) is 40.5. The van der Waals surface area contributed by atoms with Crippen LogP contribution in [0.1, 0.15) is 40.5 Å². The van der Waals surface area contributed by atoms with Crippen LogP contribution in [0.4, 0.5) is 0 Å². The Morgan fingerprint density at radius 2 is 1.00 bits per heavy atom. The monoisotopic (exact) mass is 316 g/mol. The molecular weight excluding hydrogens is 296 g/mol. The van der Waals surface area contributed by atoms with Crippen LogP contribution >= 0.6 is 0 Å². The van der Waals surface area contributed by atoms with Crippen LogP contribution < -0.4 is 10.2 Å². The van der Waals surface area contributed by atoms with E-state index in [-0.39, 0.29) is 43.2 Å². The number of ketones is 2. The van der Waals surface area contributed by atoms with Gasteiger partial charge in [-0.2, -0.15) is 0 Å². The second-order valence-electron chi connectivity index (χ2n) is 3.92. The van der Waals surface area contributed by atoms with E-state index in [1.807, 2.05) is 0 Å². The minimum atomic E-state index is -1.58. The van der Waals surface area contributed by atoms with Crippen LogP contribution in [0.2, 0.25) is 0 Å². The zero-order chi connectivity index (χ0) is 14.9. The summed E-state index contributed by atoms with van der Waals surface area (Å²) >= 11 is 0. The maximum atomic E-state index is 10.4. The van der Waals surface area contributed by atoms with Gasteiger partial charge in [0, 0.05) is 11.8 Å². The SMILES string of the molecule is CCC(C)C(=O)C(=O)[O-].CCC(C)C(=O)C(=O)[O-].O.[Ca+2]. The van der Waals surface area contributed by atoms with Crippen molar-refractivity contribution in [3.63, 3.8) is 0 Å². The molecule has 0 amide bonds. The first-order chi connectivity index (χ1) is 8.18. The molecule has 2 N–H and O–H groups in total. The number of aliphatic carboxylic acids is 2. The molecule has 20 heavy (non-hydrogen) atoms. The summed E-state index contributed by atoms with van der Waals surface area (Å²) in [6.07, 6.45) is 1.10. The van der Waals surface area contributed by atoms with Crippen LogP contribution in [0.25, 0.3) is 0 Å². The van der Waals surface area contributed by atoms with Gasteiger partial charge in [0.25, 0.3) is 0 Å². The summed E-state index contributed by atoms with van der Waals surface area (Å²) < 4.78 is 0. The Balaban J connectivity index is -0.000000116. The van der Waals surface area contributed by atoms with Crippen molar-refractivity contribution >= 4 is 61.2 Å². The molecule has 0 radical (unpaired) electrons. The molecule has 8 heteroatoms. The Labute approximate surface area is 148 Å². The number of carboxylic acid groups (broad SMARTS) is 2. The van der Waals surface area contributed by atoms with Crippen molar-refractivity contribution in [3.05, 3.63) is 0 Å². The second kappa shape index (κ2) is 14.9. The number of carboxylic acids is 2. The largest absolute Gasteiger partial charge is 2.00 e. The van der Waals surface area contributed by atoms with Crippen LogP contribution in [0.3, 0.4) is 0 Å². The summed E-state index contributed by atoms with van der Waals surface area (Å²) in [5.41, 5.74) is 0. The summed E-state index contributed by atoms with van der Waals surface area (Å²) in [6.45, 7) is 6.65. The molecule has 2 atom stereocenters. The average Bonchev–Trinajstić information content (AvgIpc) is 2.35. The van der Waals surface area contributed by atoms with Crippen molar-refractivity contribution < 1.29 is 34.9 Å². The molecule has 0 saturated carbocycles. The van der Waals surface area contributed by atoms with Gasteiger partial charge in [0.2, 0.25) is 0 Å². The molecule has 0 rings (SSSR count). The zero-order valence-electron chi connectivity index (χ0n) is 12.2. The minimum Gasteiger partial charge on any atom is -0.542 e. The molecule has 0 aliphatic carbocycles. The van der Waals surface area contributed by atoms with Crippen LogP contribution in [0, 0.1) is 11.8 Å². The molecule has 0 saturated heterocycles. The van der Waals surface area contributed by atoms with Gasteiger partial charge in [0.15, 0.2) is 11.6 Å². The first-order valence-corrected chi connectivity index (χ1v) is 5.69. The van der Waals surface area contributed by atoms with Crippen molar-refractivity contribution in [2.24, 2.45) is 11.8 Å². The molecule has 0 aromatic rings. The Morgan fingerprint density at radius 3 is 1.05 bits per heavy atom. The van der Waals surface area contributed by atoms with E-state index < -0.39 is 35.3 Å². The van der Waals surface area contributed by atoms with E-state index in [1.165, 1.54) is 0 Å². The Morgan fingerprint density at radius 1 is 0.800 bits per heavy atom. The van der Waals surface area contributed by atoms with Gasteiger partial charge in [-0.3, -0.25) is 9.59 Å². The van der Waals surface area contributed by atoms with Crippen LogP contribution in [-0.2, 0) is 19.2 Å². The molecule has 0 aliphatic rings. The average molecular weight is 316 g/mol. The maximum Gasteiger partial charge on any atom is 2.00 e. The molecule has 0 fully saturated rings. The van der Waals surface area contributed by atoms with Crippen molar-refractivity contribution in [1.82, 2.24) is 0 Å². The number of hydrogen-bond acceptors (Lipinski definition) is 6. The van der Waals surface area contributed by atoms with E-state index in [2.05, 4.69) is 0 Å². The molecule has 0 aromatic heterocycles. The Kier molecular flexibility index (Phi) is 20.7. The molecule has 2 unspecified atom stereocenters. The smallest absolute Gasteiger partial charge is 0.542 e. The zero-order valence-corrected chi connectivity index (χ0v) is 14.4. The summed E-state index contributed by atoms with van der Waals surface area (Å²) in [5.74, 6) is -5.59. The number of rotatable bonds is 6. The van der Waals surface area contributed by atoms with E-state index in [0.717, 1.165) is 0 Å². The molecule has 0 heterocycles. The van der Waals surface area contributed by atoms with Gasteiger partial charge in [0.05, 0.1) is 0 Å². The van der Waals surface area contributed by atoms with Crippen LogP contribution in [0.15, 0.2) is 0 Å². The number of hydrogen-bond donors (Lipinski definition) is 0. The number of carbonyl (C=O) groups is 4. The third-order valence-corrected chi connectivity index (χ3v) is 2.52. The summed E-state index contributed by atoms with van der Waals surface area (Å²) in [6, 6.07) is 0. The van der Waals surface area contributed by atoms with Gasteiger partial charge < -0.3 is 25.3 Å². The Hall–Kier alpha value is -0.500. The first-order valence-electron chi connectivity index (χ1n) is 5.69. The fourth-order valence-corrected chi connectivity index (χ4v) is 0.773.